The number of nitro benzene ring substituents is 1. The lowest BCUT2D eigenvalue weighted by Crippen LogP contribution is -2.29. The third-order valence-corrected chi connectivity index (χ3v) is 3.27. The van der Waals surface area contributed by atoms with Crippen molar-refractivity contribution < 1.29 is 27.6 Å². The molecule has 0 saturated carbocycles. The van der Waals surface area contributed by atoms with E-state index in [1.165, 1.54) is 0 Å². The van der Waals surface area contributed by atoms with Gasteiger partial charge in [0.1, 0.15) is 12.4 Å². The predicted octanol–water partition coefficient (Wildman–Crippen LogP) is 0.0968. The van der Waals surface area contributed by atoms with E-state index in [1.807, 2.05) is 0 Å². The summed E-state index contributed by atoms with van der Waals surface area (Å²) < 4.78 is 37.6. The van der Waals surface area contributed by atoms with Gasteiger partial charge < -0.3 is 5.11 Å². The molecule has 0 aliphatic heterocycles. The molecule has 0 aliphatic rings. The van der Waals surface area contributed by atoms with Gasteiger partial charge >= 0.3 is 5.97 Å². The maximum atomic E-state index is 12.8. The molecule has 0 fully saturated rings. The Morgan fingerprint density at radius 3 is 2.61 bits per heavy atom. The average Bonchev–Trinajstić information content (AvgIpc) is 2.26. The zero-order chi connectivity index (χ0) is 13.9. The Kier molecular flexibility index (Phi) is 3.93. The van der Waals surface area contributed by atoms with Crippen LogP contribution in [0.15, 0.2) is 23.1 Å². The molecule has 0 aliphatic carbocycles. The first-order chi connectivity index (χ1) is 8.24. The number of carbonyl (C=O) groups is 1. The first-order valence-electron chi connectivity index (χ1n) is 4.39. The van der Waals surface area contributed by atoms with Gasteiger partial charge in [0.15, 0.2) is 4.90 Å². The van der Waals surface area contributed by atoms with Gasteiger partial charge in [0, 0.05) is 0 Å². The van der Waals surface area contributed by atoms with E-state index in [0.29, 0.717) is 12.1 Å². The number of sulfonamides is 1. The van der Waals surface area contributed by atoms with E-state index in [9.17, 15) is 27.7 Å². The number of nitrogens with one attached hydrogen (secondary N) is 1. The number of carboxylic acid groups (broad SMARTS) is 1. The molecule has 1 rings (SSSR count). The van der Waals surface area contributed by atoms with Crippen molar-refractivity contribution in [1.82, 2.24) is 4.72 Å². The standard InChI is InChI=1S/C8H7FN2O6S/c9-5-1-2-7(6(3-5)11(14)15)18(16,17)10-4-8(12)13/h1-3,10H,4H2,(H,12,13). The molecule has 0 saturated heterocycles. The van der Waals surface area contributed by atoms with Crippen LogP contribution in [0.4, 0.5) is 10.1 Å². The second-order valence-electron chi connectivity index (χ2n) is 3.09. The molecule has 0 amide bonds. The predicted molar refractivity (Wildman–Crippen MR) is 55.9 cm³/mol. The SMILES string of the molecule is O=C(O)CNS(=O)(=O)c1ccc(F)cc1[N+](=O)[O-]. The van der Waals surface area contributed by atoms with E-state index >= 15 is 0 Å². The number of halogens is 1. The van der Waals surface area contributed by atoms with Crippen LogP contribution in [0.3, 0.4) is 0 Å². The Morgan fingerprint density at radius 1 is 1.50 bits per heavy atom. The Hall–Kier alpha value is -2.07. The van der Waals surface area contributed by atoms with Crippen LogP contribution in [0.2, 0.25) is 0 Å². The summed E-state index contributed by atoms with van der Waals surface area (Å²) in [6, 6.07) is 1.86. The molecule has 2 N–H and O–H groups in total. The highest BCUT2D eigenvalue weighted by atomic mass is 32.2. The van der Waals surface area contributed by atoms with Crippen molar-refractivity contribution in [3.63, 3.8) is 0 Å². The third-order valence-electron chi connectivity index (χ3n) is 1.82. The minimum Gasteiger partial charge on any atom is -0.480 e. The number of benzene rings is 1. The van der Waals surface area contributed by atoms with E-state index < -0.39 is 43.9 Å². The van der Waals surface area contributed by atoms with Crippen molar-refractivity contribution in [2.75, 3.05) is 6.54 Å². The van der Waals surface area contributed by atoms with Crippen molar-refractivity contribution in [3.8, 4) is 0 Å². The van der Waals surface area contributed by atoms with Crippen LogP contribution in [0.25, 0.3) is 0 Å². The van der Waals surface area contributed by atoms with Gasteiger partial charge in [0.25, 0.3) is 5.69 Å². The fraction of sp³-hybridized carbons (Fsp3) is 0.125. The molecule has 0 radical (unpaired) electrons. The Bertz CT molecular complexity index is 600. The molecule has 0 unspecified atom stereocenters. The fourth-order valence-corrected chi connectivity index (χ4v) is 2.22. The monoisotopic (exact) mass is 278 g/mol. The third kappa shape index (κ3) is 3.21. The van der Waals surface area contributed by atoms with E-state index in [-0.39, 0.29) is 0 Å². The van der Waals surface area contributed by atoms with Crippen molar-refractivity contribution >= 4 is 21.7 Å². The second kappa shape index (κ2) is 5.06. The van der Waals surface area contributed by atoms with Crippen LogP contribution in [-0.4, -0.2) is 31.0 Å². The van der Waals surface area contributed by atoms with Crippen LogP contribution in [0, 0.1) is 15.9 Å². The summed E-state index contributed by atoms with van der Waals surface area (Å²) in [6.45, 7) is -0.934. The topological polar surface area (TPSA) is 127 Å². The van der Waals surface area contributed by atoms with Crippen molar-refractivity contribution in [2.45, 2.75) is 4.90 Å². The molecule has 0 atom stereocenters. The minimum absolute atomic E-state index is 0.440. The number of aliphatic carboxylic acids is 1. The lowest BCUT2D eigenvalue weighted by atomic mass is 10.3. The molecule has 8 nitrogen and oxygen atoms in total. The average molecular weight is 278 g/mol. The molecule has 0 aromatic heterocycles. The molecule has 0 heterocycles. The number of hydrogen-bond acceptors (Lipinski definition) is 5. The van der Waals surface area contributed by atoms with E-state index in [0.717, 1.165) is 6.07 Å². The van der Waals surface area contributed by atoms with Gasteiger partial charge in [0.05, 0.1) is 11.0 Å². The number of carboxylic acids is 1. The number of hydrogen-bond donors (Lipinski definition) is 2. The quantitative estimate of drug-likeness (QED) is 0.580. The largest absolute Gasteiger partial charge is 0.480 e. The number of nitrogens with zero attached hydrogens (tertiary/aromatic N) is 1. The molecule has 0 bridgehead atoms. The first-order valence-corrected chi connectivity index (χ1v) is 5.88. The van der Waals surface area contributed by atoms with E-state index in [2.05, 4.69) is 0 Å². The Morgan fingerprint density at radius 2 is 2.11 bits per heavy atom. The highest BCUT2D eigenvalue weighted by molar-refractivity contribution is 7.89. The lowest BCUT2D eigenvalue weighted by Gasteiger charge is -2.05. The first kappa shape index (κ1) is 14.0. The smallest absolute Gasteiger partial charge is 0.318 e. The molecule has 10 heteroatoms. The zero-order valence-electron chi connectivity index (χ0n) is 8.66. The van der Waals surface area contributed by atoms with Gasteiger partial charge in [-0.2, -0.15) is 4.72 Å². The molecular formula is C8H7FN2O6S. The number of rotatable bonds is 5. The second-order valence-corrected chi connectivity index (χ2v) is 4.82. The molecule has 1 aromatic rings. The van der Waals surface area contributed by atoms with Crippen LogP contribution in [-0.2, 0) is 14.8 Å². The molecule has 98 valence electrons. The number of nitro groups is 1. The van der Waals surface area contributed by atoms with E-state index in [4.69, 9.17) is 5.11 Å². The summed E-state index contributed by atoms with van der Waals surface area (Å²) in [6.07, 6.45) is 0. The van der Waals surface area contributed by atoms with Gasteiger partial charge in [-0.1, -0.05) is 0 Å². The fourth-order valence-electron chi connectivity index (χ4n) is 1.09. The Labute approximate surface area is 100 Å². The highest BCUT2D eigenvalue weighted by Gasteiger charge is 2.26. The molecule has 18 heavy (non-hydrogen) atoms. The van der Waals surface area contributed by atoms with Crippen molar-refractivity contribution in [3.05, 3.63) is 34.1 Å². The maximum Gasteiger partial charge on any atom is 0.318 e. The summed E-state index contributed by atoms with van der Waals surface area (Å²) in [7, 11) is -4.39. The molecular weight excluding hydrogens is 271 g/mol. The summed E-state index contributed by atoms with van der Waals surface area (Å²) in [5.74, 6) is -2.43. The van der Waals surface area contributed by atoms with Crippen LogP contribution in [0.5, 0.6) is 0 Å². The van der Waals surface area contributed by atoms with Gasteiger partial charge in [-0.3, -0.25) is 14.9 Å². The van der Waals surface area contributed by atoms with Crippen LogP contribution in [0.1, 0.15) is 0 Å². The summed E-state index contributed by atoms with van der Waals surface area (Å²) in [4.78, 5) is 19.0. The zero-order valence-corrected chi connectivity index (χ0v) is 9.48. The maximum absolute atomic E-state index is 12.8. The Balaban J connectivity index is 3.24. The normalized spacial score (nSPS) is 11.2. The van der Waals surface area contributed by atoms with Crippen molar-refractivity contribution in [2.24, 2.45) is 0 Å². The van der Waals surface area contributed by atoms with Gasteiger partial charge in [-0.25, -0.2) is 12.8 Å². The summed E-state index contributed by atoms with van der Waals surface area (Å²) in [5, 5.41) is 18.9. The lowest BCUT2D eigenvalue weighted by molar-refractivity contribution is -0.388. The summed E-state index contributed by atoms with van der Waals surface area (Å²) in [5.41, 5.74) is -0.965. The van der Waals surface area contributed by atoms with Gasteiger partial charge in [0.2, 0.25) is 10.0 Å². The van der Waals surface area contributed by atoms with Gasteiger partial charge in [-0.15, -0.1) is 0 Å². The summed E-state index contributed by atoms with van der Waals surface area (Å²) >= 11 is 0. The highest BCUT2D eigenvalue weighted by Crippen LogP contribution is 2.24. The molecule has 0 spiro atoms. The van der Waals surface area contributed by atoms with E-state index in [1.54, 1.807) is 4.72 Å². The van der Waals surface area contributed by atoms with Crippen molar-refractivity contribution in [1.29, 1.82) is 0 Å². The van der Waals surface area contributed by atoms with Crippen LogP contribution < -0.4 is 4.72 Å². The van der Waals surface area contributed by atoms with Gasteiger partial charge in [-0.05, 0) is 12.1 Å². The minimum atomic E-state index is -4.39. The van der Waals surface area contributed by atoms with Crippen LogP contribution >= 0.6 is 0 Å². The molecule has 1 aromatic carbocycles.